The lowest BCUT2D eigenvalue weighted by molar-refractivity contribution is -0.454. The number of hydrogen-bond acceptors (Lipinski definition) is 0. The third-order valence-electron chi connectivity index (χ3n) is 4.35. The number of hydrogen-bond donors (Lipinski definition) is 0. The van der Waals surface area contributed by atoms with E-state index in [1.807, 2.05) is 0 Å². The van der Waals surface area contributed by atoms with Crippen molar-refractivity contribution >= 4 is 78.5 Å². The molecule has 1 unspecified atom stereocenters. The zero-order valence-corrected chi connectivity index (χ0v) is 21.4. The van der Waals surface area contributed by atoms with Crippen molar-refractivity contribution in [2.75, 3.05) is 0 Å². The fourth-order valence-corrected chi connectivity index (χ4v) is 17.5. The van der Waals surface area contributed by atoms with Crippen LogP contribution in [0.1, 0.15) is 6.92 Å². The molecule has 0 N–H and O–H groups in total. The Bertz CT molecular complexity index is 743. The van der Waals surface area contributed by atoms with Crippen LogP contribution in [-0.4, -0.2) is 59.9 Å². The summed E-state index contributed by atoms with van der Waals surface area (Å²) in [6.07, 6.45) is -13.0. The highest BCUT2D eigenvalue weighted by Gasteiger charge is 2.94. The van der Waals surface area contributed by atoms with Crippen LogP contribution in [0.4, 0.5) is 70.2 Å². The van der Waals surface area contributed by atoms with E-state index in [0.717, 1.165) is 0 Å². The Morgan fingerprint density at radius 3 is 0.941 bits per heavy atom. The van der Waals surface area contributed by atoms with Gasteiger partial charge in [-0.05, 0) is 0 Å². The second kappa shape index (κ2) is 9.07. The maximum atomic E-state index is 14.6. The lowest BCUT2D eigenvalue weighted by atomic mass is 9.89. The molecule has 34 heavy (non-hydrogen) atoms. The summed E-state index contributed by atoms with van der Waals surface area (Å²) < 4.78 is 210. The van der Waals surface area contributed by atoms with Gasteiger partial charge in [0.25, 0.3) is 0 Å². The minimum Gasteiger partial charge on any atom is -0.240 e. The Labute approximate surface area is 207 Å². The average Bonchev–Trinajstić information content (AvgIpc) is 2.56. The second-order valence-electron chi connectivity index (χ2n) is 6.55. The smallest absolute Gasteiger partial charge is 0.240 e. The molecule has 0 aliphatic carbocycles. The van der Waals surface area contributed by atoms with E-state index in [-0.39, 0.29) is 6.92 Å². The molecule has 0 spiro atoms. The molecule has 0 aromatic heterocycles. The first-order valence-electron chi connectivity index (χ1n) is 7.26. The van der Waals surface area contributed by atoms with Crippen molar-refractivity contribution in [1.82, 2.24) is 0 Å². The fourth-order valence-electron chi connectivity index (χ4n) is 1.95. The summed E-state index contributed by atoms with van der Waals surface area (Å²) in [5.41, 5.74) is 0. The van der Waals surface area contributed by atoms with Crippen molar-refractivity contribution in [2.24, 2.45) is 0 Å². The van der Waals surface area contributed by atoms with Gasteiger partial charge < -0.3 is 0 Å². The van der Waals surface area contributed by atoms with Crippen molar-refractivity contribution in [3.8, 4) is 0 Å². The molecule has 0 saturated heterocycles. The monoisotopic (exact) mass is 694 g/mol. The average molecular weight is 697 g/mol. The van der Waals surface area contributed by atoms with Gasteiger partial charge >= 0.3 is 53.7 Å². The van der Waals surface area contributed by atoms with Crippen LogP contribution in [0.2, 0.25) is 4.66 Å². The zero-order valence-electron chi connectivity index (χ0n) is 14.9. The molecule has 0 fully saturated rings. The van der Waals surface area contributed by atoms with Crippen molar-refractivity contribution in [1.29, 1.82) is 0 Å². The SMILES string of the molecule is CC(C(F)C(F)(F)C(F)(F)C(F)(F)C(F)(F)C(F)(F)C(F)(F)C(F)(F)F)([Si](Cl)(Cl)Cl)[Si](Cl)(Cl)Cl. The molecule has 0 aromatic carbocycles. The highest BCUT2D eigenvalue weighted by molar-refractivity contribution is 7.76. The molecule has 0 aromatic rings. The lowest BCUT2D eigenvalue weighted by Gasteiger charge is -2.47. The van der Waals surface area contributed by atoms with Gasteiger partial charge in [-0.25, -0.2) is 4.39 Å². The summed E-state index contributed by atoms with van der Waals surface area (Å²) in [6.45, 7) is -0.136. The third-order valence-corrected chi connectivity index (χ3v) is 19.4. The number of rotatable bonds is 9. The predicted molar refractivity (Wildman–Crippen MR) is 95.6 cm³/mol. The first-order valence-corrected chi connectivity index (χ1v) is 17.3. The largest absolute Gasteiger partial charge is 0.460 e. The molecule has 0 saturated carbocycles. The fraction of sp³-hybridized carbons (Fsp3) is 1.00. The summed E-state index contributed by atoms with van der Waals surface area (Å²) in [5.74, 6) is -49.4. The van der Waals surface area contributed by atoms with Crippen LogP contribution in [0.15, 0.2) is 0 Å². The maximum absolute atomic E-state index is 14.6. The third kappa shape index (κ3) is 4.69. The Balaban J connectivity index is 7.08. The summed E-state index contributed by atoms with van der Waals surface area (Å²) in [4.78, 5) is 0. The predicted octanol–water partition coefficient (Wildman–Crippen LogP) is 9.31. The molecule has 0 aliphatic heterocycles. The molecule has 24 heteroatoms. The van der Waals surface area contributed by atoms with E-state index in [0.29, 0.717) is 0 Å². The van der Waals surface area contributed by atoms with Crippen LogP contribution < -0.4 is 0 Å². The molecule has 0 heterocycles. The van der Waals surface area contributed by atoms with Gasteiger partial charge in [0, 0.05) is 0 Å². The van der Waals surface area contributed by atoms with Gasteiger partial charge in [-0.15, -0.1) is 66.5 Å². The molecule has 0 bridgehead atoms. The Morgan fingerprint density at radius 2 is 0.706 bits per heavy atom. The summed E-state index contributed by atoms with van der Waals surface area (Å²) in [6, 6.07) is -10.9. The number of alkyl halides is 16. The summed E-state index contributed by atoms with van der Waals surface area (Å²) >= 11 is 31.3. The van der Waals surface area contributed by atoms with Crippen LogP contribution >= 0.6 is 66.5 Å². The quantitative estimate of drug-likeness (QED) is 0.128. The van der Waals surface area contributed by atoms with Crippen LogP contribution in [0.3, 0.4) is 0 Å². The van der Waals surface area contributed by atoms with Crippen molar-refractivity contribution in [3.63, 3.8) is 0 Å². The molecular formula is C10H4Cl6F16Si2. The molecule has 0 rings (SSSR count). The minimum absolute atomic E-state index is 0.136. The molecule has 0 amide bonds. The Morgan fingerprint density at radius 1 is 0.471 bits per heavy atom. The van der Waals surface area contributed by atoms with E-state index in [2.05, 4.69) is 0 Å². The first kappa shape index (κ1) is 35.1. The van der Waals surface area contributed by atoms with E-state index in [1.165, 1.54) is 0 Å². The standard InChI is InChI=1S/C10H4Cl6F16Si2/c1-3(33(11,12)13,34(14,15)16)2(17)4(18,19)5(20,21)6(22,23)7(24,25)8(26,27)9(28,29)10(30,31)32/h2H,1H3. The van der Waals surface area contributed by atoms with E-state index in [1.54, 1.807) is 0 Å². The molecule has 1 atom stereocenters. The molecule has 206 valence electrons. The maximum Gasteiger partial charge on any atom is 0.460 e. The zero-order chi connectivity index (χ0) is 28.6. The minimum atomic E-state index is -8.61. The van der Waals surface area contributed by atoms with Gasteiger partial charge in [0.2, 0.25) is 0 Å². The van der Waals surface area contributed by atoms with Crippen LogP contribution in [0.25, 0.3) is 0 Å². The molecular weight excluding hydrogens is 693 g/mol. The Kier molecular flexibility index (Phi) is 9.35. The lowest BCUT2D eigenvalue weighted by Crippen LogP contribution is -2.74. The van der Waals surface area contributed by atoms with Gasteiger partial charge in [-0.3, -0.25) is 0 Å². The molecule has 0 radical (unpaired) electrons. The summed E-state index contributed by atoms with van der Waals surface area (Å²) in [7, 11) is 0. The van der Waals surface area contributed by atoms with Crippen LogP contribution in [0.5, 0.6) is 0 Å². The highest BCUT2D eigenvalue weighted by atomic mass is 35.8. The van der Waals surface area contributed by atoms with E-state index in [4.69, 9.17) is 66.5 Å². The molecule has 0 nitrogen and oxygen atoms in total. The second-order valence-corrected chi connectivity index (χ2v) is 24.8. The normalized spacial score (nSPS) is 17.7. The van der Waals surface area contributed by atoms with Crippen LogP contribution in [-0.2, 0) is 0 Å². The van der Waals surface area contributed by atoms with Crippen LogP contribution in [0, 0.1) is 0 Å². The molecule has 0 aliphatic rings. The number of halogens is 22. The van der Waals surface area contributed by atoms with E-state index < -0.39 is 64.6 Å². The van der Waals surface area contributed by atoms with Gasteiger partial charge in [-0.1, -0.05) is 6.92 Å². The van der Waals surface area contributed by atoms with Crippen molar-refractivity contribution in [3.05, 3.63) is 0 Å². The van der Waals surface area contributed by atoms with Gasteiger partial charge in [-0.2, -0.15) is 65.9 Å². The topological polar surface area (TPSA) is 0 Å². The van der Waals surface area contributed by atoms with Crippen molar-refractivity contribution < 1.29 is 70.2 Å². The van der Waals surface area contributed by atoms with E-state index in [9.17, 15) is 70.2 Å². The highest BCUT2D eigenvalue weighted by Crippen LogP contribution is 2.68. The Hall–Kier alpha value is 1.05. The first-order chi connectivity index (χ1) is 14.2. The van der Waals surface area contributed by atoms with Gasteiger partial charge in [0.1, 0.15) is 0 Å². The van der Waals surface area contributed by atoms with Crippen molar-refractivity contribution in [2.45, 2.75) is 59.5 Å². The van der Waals surface area contributed by atoms with Gasteiger partial charge in [0.15, 0.2) is 6.17 Å². The summed E-state index contributed by atoms with van der Waals surface area (Å²) in [5, 5.41) is 0. The van der Waals surface area contributed by atoms with Gasteiger partial charge in [0.05, 0.1) is 4.66 Å². The van der Waals surface area contributed by atoms with E-state index >= 15 is 0 Å².